The largest absolute Gasteiger partial charge is 0.384 e. The maximum atomic E-state index is 5.73. The summed E-state index contributed by atoms with van der Waals surface area (Å²) in [5.41, 5.74) is 3.71. The molecule has 0 saturated carbocycles. The van der Waals surface area contributed by atoms with Gasteiger partial charge in [0.1, 0.15) is 0 Å². The van der Waals surface area contributed by atoms with Crippen molar-refractivity contribution in [3.8, 4) is 0 Å². The molecule has 0 spiro atoms. The van der Waals surface area contributed by atoms with E-state index in [0.717, 1.165) is 13.0 Å². The first-order valence-electron chi connectivity index (χ1n) is 6.57. The number of rotatable bonds is 7. The Kier molecular flexibility index (Phi) is 5.60. The average Bonchev–Trinajstić information content (AvgIpc) is 2.47. The van der Waals surface area contributed by atoms with E-state index < -0.39 is 0 Å². The summed E-state index contributed by atoms with van der Waals surface area (Å²) in [6.07, 6.45) is 0.947. The van der Waals surface area contributed by atoms with E-state index in [9.17, 15) is 0 Å². The number of benzene rings is 2. The highest BCUT2D eigenvalue weighted by Gasteiger charge is 1.98. The zero-order chi connectivity index (χ0) is 13.3. The molecule has 2 rings (SSSR count). The van der Waals surface area contributed by atoms with Gasteiger partial charge in [-0.3, -0.25) is 0 Å². The third kappa shape index (κ3) is 4.86. The lowest BCUT2D eigenvalue weighted by molar-refractivity contribution is 0.107. The van der Waals surface area contributed by atoms with Crippen molar-refractivity contribution in [2.24, 2.45) is 0 Å². The Balaban J connectivity index is 1.82. The van der Waals surface area contributed by atoms with E-state index in [1.165, 1.54) is 16.7 Å². The lowest BCUT2D eigenvalue weighted by Gasteiger charge is -2.07. The molecule has 2 nitrogen and oxygen atoms in total. The zero-order valence-corrected chi connectivity index (χ0v) is 11.3. The predicted octanol–water partition coefficient (Wildman–Crippen LogP) is 3.59. The molecule has 0 bridgehead atoms. The Bertz CT molecular complexity index is 480. The van der Waals surface area contributed by atoms with Crippen LogP contribution in [0.25, 0.3) is 0 Å². The van der Waals surface area contributed by atoms with Crippen LogP contribution in [0.3, 0.4) is 0 Å². The summed E-state index contributed by atoms with van der Waals surface area (Å²) < 4.78 is 10.8. The van der Waals surface area contributed by atoms with E-state index in [0.29, 0.717) is 13.2 Å². The third-order valence-corrected chi connectivity index (χ3v) is 2.97. The summed E-state index contributed by atoms with van der Waals surface area (Å²) in [5.74, 6) is 0. The van der Waals surface area contributed by atoms with Crippen molar-refractivity contribution in [2.45, 2.75) is 19.6 Å². The van der Waals surface area contributed by atoms with Crippen LogP contribution in [-0.2, 0) is 29.1 Å². The van der Waals surface area contributed by atoms with Gasteiger partial charge < -0.3 is 9.47 Å². The van der Waals surface area contributed by atoms with Crippen LogP contribution in [0.15, 0.2) is 54.6 Å². The molecular formula is C17H20O2. The van der Waals surface area contributed by atoms with Gasteiger partial charge in [0, 0.05) is 7.11 Å². The van der Waals surface area contributed by atoms with Gasteiger partial charge in [0.05, 0.1) is 19.8 Å². The topological polar surface area (TPSA) is 18.5 Å². The molecule has 100 valence electrons. The number of methoxy groups -OCH3 is 1. The van der Waals surface area contributed by atoms with Crippen molar-refractivity contribution in [2.75, 3.05) is 13.7 Å². The molecule has 0 N–H and O–H groups in total. The van der Waals surface area contributed by atoms with E-state index in [2.05, 4.69) is 36.4 Å². The van der Waals surface area contributed by atoms with Crippen LogP contribution in [-0.4, -0.2) is 13.7 Å². The smallest absolute Gasteiger partial charge is 0.0721 e. The fourth-order valence-electron chi connectivity index (χ4n) is 1.96. The maximum Gasteiger partial charge on any atom is 0.0721 e. The lowest BCUT2D eigenvalue weighted by Crippen LogP contribution is -1.97. The molecule has 0 atom stereocenters. The van der Waals surface area contributed by atoms with Gasteiger partial charge in [-0.1, -0.05) is 54.6 Å². The van der Waals surface area contributed by atoms with Crippen molar-refractivity contribution in [1.82, 2.24) is 0 Å². The van der Waals surface area contributed by atoms with Gasteiger partial charge in [-0.05, 0) is 23.1 Å². The van der Waals surface area contributed by atoms with Gasteiger partial charge >= 0.3 is 0 Å². The van der Waals surface area contributed by atoms with Crippen molar-refractivity contribution in [3.63, 3.8) is 0 Å². The molecule has 0 unspecified atom stereocenters. The quantitative estimate of drug-likeness (QED) is 0.753. The molecule has 0 heterocycles. The minimum absolute atomic E-state index is 0.649. The predicted molar refractivity (Wildman–Crippen MR) is 77.0 cm³/mol. The van der Waals surface area contributed by atoms with Crippen molar-refractivity contribution in [1.29, 1.82) is 0 Å². The molecule has 0 aromatic heterocycles. The highest BCUT2D eigenvalue weighted by molar-refractivity contribution is 5.23. The molecule has 2 aromatic rings. The van der Waals surface area contributed by atoms with E-state index >= 15 is 0 Å². The fourth-order valence-corrected chi connectivity index (χ4v) is 1.96. The second-order valence-electron chi connectivity index (χ2n) is 4.54. The second kappa shape index (κ2) is 7.72. The molecule has 0 radical (unpaired) electrons. The lowest BCUT2D eigenvalue weighted by atomic mass is 10.1. The monoisotopic (exact) mass is 256 g/mol. The van der Waals surface area contributed by atoms with E-state index in [1.807, 2.05) is 18.2 Å². The molecule has 2 heteroatoms. The molecule has 0 amide bonds. The normalized spacial score (nSPS) is 10.6. The van der Waals surface area contributed by atoms with Crippen LogP contribution in [0.5, 0.6) is 0 Å². The number of ether oxygens (including phenoxy) is 2. The molecule has 0 aliphatic carbocycles. The van der Waals surface area contributed by atoms with E-state index in [-0.39, 0.29) is 0 Å². The molecule has 0 aliphatic heterocycles. The molecule has 0 fully saturated rings. The van der Waals surface area contributed by atoms with Crippen LogP contribution in [0.2, 0.25) is 0 Å². The Morgan fingerprint density at radius 1 is 0.789 bits per heavy atom. The second-order valence-corrected chi connectivity index (χ2v) is 4.54. The summed E-state index contributed by atoms with van der Waals surface area (Å²) >= 11 is 0. The first kappa shape index (κ1) is 13.8. The minimum atomic E-state index is 0.649. The molecule has 0 aliphatic rings. The van der Waals surface area contributed by atoms with Crippen molar-refractivity contribution in [3.05, 3.63) is 71.3 Å². The van der Waals surface area contributed by atoms with Gasteiger partial charge in [-0.15, -0.1) is 0 Å². The van der Waals surface area contributed by atoms with E-state index in [4.69, 9.17) is 9.47 Å². The fraction of sp³-hybridized carbons (Fsp3) is 0.294. The van der Waals surface area contributed by atoms with Crippen molar-refractivity contribution < 1.29 is 9.47 Å². The molecule has 0 saturated heterocycles. The first-order chi connectivity index (χ1) is 9.38. The van der Waals surface area contributed by atoms with Crippen LogP contribution in [0, 0.1) is 0 Å². The summed E-state index contributed by atoms with van der Waals surface area (Å²) in [6.45, 7) is 2.06. The van der Waals surface area contributed by atoms with Gasteiger partial charge in [-0.25, -0.2) is 0 Å². The maximum absolute atomic E-state index is 5.73. The average molecular weight is 256 g/mol. The van der Waals surface area contributed by atoms with Gasteiger partial charge in [-0.2, -0.15) is 0 Å². The summed E-state index contributed by atoms with van der Waals surface area (Å²) in [7, 11) is 1.73. The first-order valence-corrected chi connectivity index (χ1v) is 6.57. The standard InChI is InChI=1S/C17H20O2/c1-18-11-10-15-8-5-9-17(12-15)14-19-13-16-6-3-2-4-7-16/h2-9,12H,10-11,13-14H2,1H3. The molecular weight excluding hydrogens is 236 g/mol. The SMILES string of the molecule is COCCc1cccc(COCc2ccccc2)c1. The van der Waals surface area contributed by atoms with Crippen LogP contribution >= 0.6 is 0 Å². The number of hydrogen-bond donors (Lipinski definition) is 0. The Morgan fingerprint density at radius 2 is 1.47 bits per heavy atom. The summed E-state index contributed by atoms with van der Waals surface area (Å²) in [6, 6.07) is 18.7. The van der Waals surface area contributed by atoms with Crippen LogP contribution < -0.4 is 0 Å². The van der Waals surface area contributed by atoms with E-state index in [1.54, 1.807) is 7.11 Å². The zero-order valence-electron chi connectivity index (χ0n) is 11.3. The van der Waals surface area contributed by atoms with Crippen molar-refractivity contribution >= 4 is 0 Å². The summed E-state index contributed by atoms with van der Waals surface area (Å²) in [4.78, 5) is 0. The third-order valence-electron chi connectivity index (χ3n) is 2.97. The number of hydrogen-bond acceptors (Lipinski definition) is 2. The Morgan fingerprint density at radius 3 is 2.26 bits per heavy atom. The minimum Gasteiger partial charge on any atom is -0.384 e. The van der Waals surface area contributed by atoms with Crippen LogP contribution in [0.4, 0.5) is 0 Å². The summed E-state index contributed by atoms with van der Waals surface area (Å²) in [5, 5.41) is 0. The molecule has 2 aromatic carbocycles. The van der Waals surface area contributed by atoms with Crippen LogP contribution in [0.1, 0.15) is 16.7 Å². The van der Waals surface area contributed by atoms with Gasteiger partial charge in [0.25, 0.3) is 0 Å². The highest BCUT2D eigenvalue weighted by Crippen LogP contribution is 2.09. The highest BCUT2D eigenvalue weighted by atomic mass is 16.5. The Hall–Kier alpha value is -1.64. The van der Waals surface area contributed by atoms with Gasteiger partial charge in [0.15, 0.2) is 0 Å². The molecule has 19 heavy (non-hydrogen) atoms. The van der Waals surface area contributed by atoms with Gasteiger partial charge in [0.2, 0.25) is 0 Å². The Labute approximate surface area is 115 Å².